The molecule has 1 heterocycles. The molecule has 1 fully saturated rings. The highest BCUT2D eigenvalue weighted by molar-refractivity contribution is 9.10. The molecule has 0 atom stereocenters. The first kappa shape index (κ1) is 9.16. The molecule has 1 aliphatic heterocycles. The van der Waals surface area contributed by atoms with Crippen molar-refractivity contribution in [1.82, 2.24) is 5.32 Å². The Morgan fingerprint density at radius 2 is 2.23 bits per heavy atom. The minimum atomic E-state index is -1.01. The first-order valence-corrected chi connectivity index (χ1v) is 5.11. The van der Waals surface area contributed by atoms with E-state index in [4.69, 9.17) is 0 Å². The van der Waals surface area contributed by atoms with E-state index in [1.807, 2.05) is 24.3 Å². The van der Waals surface area contributed by atoms with Crippen molar-refractivity contribution in [2.75, 3.05) is 13.1 Å². The molecule has 1 aromatic rings. The zero-order chi connectivity index (χ0) is 9.31. The van der Waals surface area contributed by atoms with E-state index in [1.165, 1.54) is 0 Å². The van der Waals surface area contributed by atoms with Gasteiger partial charge in [-0.2, -0.15) is 0 Å². The fourth-order valence-corrected chi connectivity index (χ4v) is 1.98. The van der Waals surface area contributed by atoms with Crippen LogP contribution in [0.25, 0.3) is 0 Å². The van der Waals surface area contributed by atoms with Gasteiger partial charge in [0.25, 0.3) is 0 Å². The Kier molecular flexibility index (Phi) is 2.39. The lowest BCUT2D eigenvalue weighted by Gasteiger charge is -2.35. The Bertz CT molecular complexity index is 310. The molecule has 0 amide bonds. The van der Waals surface area contributed by atoms with Crippen molar-refractivity contribution in [3.8, 4) is 0 Å². The molecule has 0 aliphatic carbocycles. The Hall–Kier alpha value is -0.410. The van der Waals surface area contributed by atoms with Crippen LogP contribution in [0, 0.1) is 0 Å². The van der Waals surface area contributed by atoms with Crippen molar-refractivity contribution in [2.24, 2.45) is 0 Å². The Labute approximate surface area is 85.5 Å². The predicted molar refractivity (Wildman–Crippen MR) is 54.6 cm³/mol. The summed E-state index contributed by atoms with van der Waals surface area (Å²) in [6.07, 6.45) is 0.513. The number of benzene rings is 1. The van der Waals surface area contributed by atoms with E-state index in [1.54, 1.807) is 0 Å². The Balaban J connectivity index is 2.09. The summed E-state index contributed by atoms with van der Waals surface area (Å²) in [5.41, 5.74) is 0.0409. The molecular weight excluding hydrogens is 233 g/mol. The van der Waals surface area contributed by atoms with E-state index in [0.29, 0.717) is 19.5 Å². The standard InChI is InChI=1S/C10H11BrFN/c11-9-3-1-2-8(4-9)5-10(12)6-13-7-10/h1-4,13H,5-7H2. The molecule has 1 saturated heterocycles. The molecule has 0 saturated carbocycles. The summed E-state index contributed by atoms with van der Waals surface area (Å²) in [5.74, 6) is 0. The summed E-state index contributed by atoms with van der Waals surface area (Å²) in [4.78, 5) is 0. The SMILES string of the molecule is FC1(Cc2cccc(Br)c2)CNC1. The van der Waals surface area contributed by atoms with E-state index < -0.39 is 5.67 Å². The Morgan fingerprint density at radius 3 is 2.77 bits per heavy atom. The molecule has 1 N–H and O–H groups in total. The molecule has 1 nitrogen and oxygen atoms in total. The van der Waals surface area contributed by atoms with Crippen LogP contribution in [0.1, 0.15) is 5.56 Å². The minimum absolute atomic E-state index is 0.486. The van der Waals surface area contributed by atoms with Gasteiger partial charge in [0.2, 0.25) is 0 Å². The number of hydrogen-bond acceptors (Lipinski definition) is 1. The molecule has 3 heteroatoms. The lowest BCUT2D eigenvalue weighted by molar-refractivity contribution is 0.0912. The van der Waals surface area contributed by atoms with Gasteiger partial charge in [0.1, 0.15) is 5.67 Å². The molecule has 2 rings (SSSR count). The average Bonchev–Trinajstić information content (AvgIpc) is 2.01. The van der Waals surface area contributed by atoms with Gasteiger partial charge in [-0.3, -0.25) is 0 Å². The number of nitrogens with one attached hydrogen (secondary N) is 1. The molecule has 1 aromatic carbocycles. The van der Waals surface area contributed by atoms with Crippen molar-refractivity contribution >= 4 is 15.9 Å². The molecule has 13 heavy (non-hydrogen) atoms. The van der Waals surface area contributed by atoms with Gasteiger partial charge >= 0.3 is 0 Å². The lowest BCUT2D eigenvalue weighted by Crippen LogP contribution is -2.57. The van der Waals surface area contributed by atoms with Gasteiger partial charge in [-0.25, -0.2) is 4.39 Å². The van der Waals surface area contributed by atoms with Crippen molar-refractivity contribution in [1.29, 1.82) is 0 Å². The first-order chi connectivity index (χ1) is 6.18. The number of rotatable bonds is 2. The third-order valence-electron chi connectivity index (χ3n) is 2.29. The third kappa shape index (κ3) is 2.09. The summed E-state index contributed by atoms with van der Waals surface area (Å²) in [6.45, 7) is 0.971. The van der Waals surface area contributed by atoms with E-state index in [-0.39, 0.29) is 0 Å². The van der Waals surface area contributed by atoms with Crippen LogP contribution in [0.2, 0.25) is 0 Å². The molecule has 0 aromatic heterocycles. The smallest absolute Gasteiger partial charge is 0.139 e. The van der Waals surface area contributed by atoms with Crippen LogP contribution in [0.15, 0.2) is 28.7 Å². The van der Waals surface area contributed by atoms with Crippen molar-refractivity contribution in [3.63, 3.8) is 0 Å². The van der Waals surface area contributed by atoms with E-state index >= 15 is 0 Å². The lowest BCUT2D eigenvalue weighted by atomic mass is 9.91. The minimum Gasteiger partial charge on any atom is -0.310 e. The quantitative estimate of drug-likeness (QED) is 0.841. The molecular formula is C10H11BrFN. The normalized spacial score (nSPS) is 19.5. The highest BCUT2D eigenvalue weighted by Crippen LogP contribution is 2.23. The second-order valence-corrected chi connectivity index (χ2v) is 4.48. The molecule has 0 radical (unpaired) electrons. The molecule has 0 bridgehead atoms. The second kappa shape index (κ2) is 3.39. The van der Waals surface area contributed by atoms with Crippen LogP contribution >= 0.6 is 15.9 Å². The molecule has 1 aliphatic rings. The van der Waals surface area contributed by atoms with Crippen LogP contribution in [0.3, 0.4) is 0 Å². The summed E-state index contributed by atoms with van der Waals surface area (Å²) in [7, 11) is 0. The molecule has 0 spiro atoms. The van der Waals surface area contributed by atoms with Crippen molar-refractivity contribution in [3.05, 3.63) is 34.3 Å². The summed E-state index contributed by atoms with van der Waals surface area (Å²) < 4.78 is 14.7. The van der Waals surface area contributed by atoms with Crippen LogP contribution in [0.4, 0.5) is 4.39 Å². The number of halogens is 2. The van der Waals surface area contributed by atoms with Gasteiger partial charge in [0, 0.05) is 24.0 Å². The zero-order valence-corrected chi connectivity index (χ0v) is 8.77. The molecule has 0 unspecified atom stereocenters. The van der Waals surface area contributed by atoms with Gasteiger partial charge in [-0.1, -0.05) is 28.1 Å². The van der Waals surface area contributed by atoms with Gasteiger partial charge in [0.05, 0.1) is 0 Å². The monoisotopic (exact) mass is 243 g/mol. The van der Waals surface area contributed by atoms with Gasteiger partial charge < -0.3 is 5.32 Å². The fraction of sp³-hybridized carbons (Fsp3) is 0.400. The summed E-state index contributed by atoms with van der Waals surface area (Å²) >= 11 is 3.37. The van der Waals surface area contributed by atoms with Gasteiger partial charge in [0.15, 0.2) is 0 Å². The third-order valence-corrected chi connectivity index (χ3v) is 2.79. The van der Waals surface area contributed by atoms with E-state index in [9.17, 15) is 4.39 Å². The van der Waals surface area contributed by atoms with E-state index in [2.05, 4.69) is 21.2 Å². The summed E-state index contributed by atoms with van der Waals surface area (Å²) in [6, 6.07) is 7.83. The van der Waals surface area contributed by atoms with Gasteiger partial charge in [-0.15, -0.1) is 0 Å². The highest BCUT2D eigenvalue weighted by Gasteiger charge is 2.36. The average molecular weight is 244 g/mol. The zero-order valence-electron chi connectivity index (χ0n) is 7.19. The maximum Gasteiger partial charge on any atom is 0.139 e. The maximum atomic E-state index is 13.6. The van der Waals surface area contributed by atoms with Crippen LogP contribution in [-0.4, -0.2) is 18.8 Å². The van der Waals surface area contributed by atoms with Crippen LogP contribution in [-0.2, 0) is 6.42 Å². The fourth-order valence-electron chi connectivity index (χ4n) is 1.53. The first-order valence-electron chi connectivity index (χ1n) is 4.32. The number of hydrogen-bond donors (Lipinski definition) is 1. The van der Waals surface area contributed by atoms with E-state index in [0.717, 1.165) is 10.0 Å². The predicted octanol–water partition coefficient (Wildman–Crippen LogP) is 2.30. The highest BCUT2D eigenvalue weighted by atomic mass is 79.9. The number of alkyl halides is 1. The molecule has 70 valence electrons. The second-order valence-electron chi connectivity index (χ2n) is 3.56. The maximum absolute atomic E-state index is 13.6. The van der Waals surface area contributed by atoms with Crippen LogP contribution in [0.5, 0.6) is 0 Å². The topological polar surface area (TPSA) is 12.0 Å². The van der Waals surface area contributed by atoms with Crippen LogP contribution < -0.4 is 5.32 Å². The van der Waals surface area contributed by atoms with Crippen molar-refractivity contribution < 1.29 is 4.39 Å². The Morgan fingerprint density at radius 1 is 1.46 bits per heavy atom. The largest absolute Gasteiger partial charge is 0.310 e. The van der Waals surface area contributed by atoms with Gasteiger partial charge in [-0.05, 0) is 17.7 Å². The van der Waals surface area contributed by atoms with Crippen molar-refractivity contribution in [2.45, 2.75) is 12.1 Å². The summed E-state index contributed by atoms with van der Waals surface area (Å²) in [5, 5.41) is 2.95.